The van der Waals surface area contributed by atoms with Crippen LogP contribution in [0, 0.1) is 6.54 Å². The number of nitrogens with one attached hydrogen (secondary N) is 1. The number of halogens is 3. The first-order chi connectivity index (χ1) is 11.5. The molecule has 7 heteroatoms. The van der Waals surface area contributed by atoms with Crippen LogP contribution in [-0.2, 0) is 0 Å². The van der Waals surface area contributed by atoms with Crippen molar-refractivity contribution >= 4 is 21.9 Å². The van der Waals surface area contributed by atoms with Crippen LogP contribution in [-0.4, -0.2) is 39.1 Å². The molecule has 124 valence electrons. The standard InChI is InChI=1S/C17H15F3N4/c18-17(19,20)4-8-24-7-3-11(10-24)12-1-5-21-14-9-23-16-13(15(12)14)2-6-22-16/h1-2,5-6,9,11H,3-4,7,10H2,(H,22,23)/t11-/m1/s1. The summed E-state index contributed by atoms with van der Waals surface area (Å²) in [5.74, 6) is 0.164. The van der Waals surface area contributed by atoms with Crippen LogP contribution in [0.4, 0.5) is 13.2 Å². The van der Waals surface area contributed by atoms with Crippen LogP contribution in [0.2, 0.25) is 0 Å². The van der Waals surface area contributed by atoms with E-state index in [1.165, 1.54) is 0 Å². The van der Waals surface area contributed by atoms with E-state index >= 15 is 0 Å². The Labute approximate surface area is 136 Å². The zero-order valence-corrected chi connectivity index (χ0v) is 12.8. The maximum absolute atomic E-state index is 12.4. The number of aromatic amines is 1. The first-order valence-electron chi connectivity index (χ1n) is 7.77. The van der Waals surface area contributed by atoms with Crippen molar-refractivity contribution in [3.05, 3.63) is 42.8 Å². The third-order valence-electron chi connectivity index (χ3n) is 4.45. The monoisotopic (exact) mass is 332 g/mol. The Balaban J connectivity index is 1.64. The Hall–Kier alpha value is -2.15. The van der Waals surface area contributed by atoms with Gasteiger partial charge in [0.25, 0.3) is 0 Å². The molecule has 1 aliphatic heterocycles. The van der Waals surface area contributed by atoms with Crippen LogP contribution in [0.3, 0.4) is 0 Å². The second kappa shape index (κ2) is 5.73. The highest BCUT2D eigenvalue weighted by atomic mass is 19.4. The van der Waals surface area contributed by atoms with Gasteiger partial charge in [-0.3, -0.25) is 9.88 Å². The topological polar surface area (TPSA) is 44.8 Å². The average molecular weight is 332 g/mol. The zero-order chi connectivity index (χ0) is 16.7. The van der Waals surface area contributed by atoms with Gasteiger partial charge in [-0.2, -0.15) is 13.2 Å². The van der Waals surface area contributed by atoms with Crippen molar-refractivity contribution in [1.82, 2.24) is 19.9 Å². The molecule has 4 rings (SSSR count). The summed E-state index contributed by atoms with van der Waals surface area (Å²) in [6.45, 7) is 3.61. The van der Waals surface area contributed by atoms with Gasteiger partial charge in [0, 0.05) is 29.7 Å². The number of hydrogen-bond donors (Lipinski definition) is 1. The van der Waals surface area contributed by atoms with Crippen molar-refractivity contribution in [2.75, 3.05) is 13.1 Å². The second-order valence-electron chi connectivity index (χ2n) is 6.04. The van der Waals surface area contributed by atoms with E-state index in [1.54, 1.807) is 17.3 Å². The summed E-state index contributed by atoms with van der Waals surface area (Å²) in [6.07, 6.45) is 0.904. The van der Waals surface area contributed by atoms with Gasteiger partial charge in [0.1, 0.15) is 5.65 Å². The predicted octanol–water partition coefficient (Wildman–Crippen LogP) is 3.89. The van der Waals surface area contributed by atoms with Crippen LogP contribution in [0.1, 0.15) is 24.3 Å². The molecule has 1 saturated heterocycles. The molecule has 3 aromatic rings. The van der Waals surface area contributed by atoms with E-state index in [0.717, 1.165) is 33.9 Å². The van der Waals surface area contributed by atoms with E-state index in [1.807, 2.05) is 18.3 Å². The molecular weight excluding hydrogens is 317 g/mol. The largest absolute Gasteiger partial charge is 0.391 e. The molecule has 1 atom stereocenters. The first-order valence-corrected chi connectivity index (χ1v) is 7.77. The Morgan fingerprint density at radius 3 is 3.00 bits per heavy atom. The van der Waals surface area contributed by atoms with Gasteiger partial charge in [0.05, 0.1) is 24.7 Å². The average Bonchev–Trinajstić information content (AvgIpc) is 3.20. The third kappa shape index (κ3) is 2.84. The van der Waals surface area contributed by atoms with Crippen molar-refractivity contribution in [1.29, 1.82) is 0 Å². The van der Waals surface area contributed by atoms with Gasteiger partial charge < -0.3 is 4.98 Å². The number of H-pyrrole nitrogens is 1. The highest BCUT2D eigenvalue weighted by Crippen LogP contribution is 2.35. The summed E-state index contributed by atoms with van der Waals surface area (Å²) in [6, 6.07) is 3.93. The minimum Gasteiger partial charge on any atom is -0.346 e. The van der Waals surface area contributed by atoms with Crippen LogP contribution < -0.4 is 0 Å². The number of rotatable bonds is 3. The molecule has 4 heterocycles. The van der Waals surface area contributed by atoms with Crippen molar-refractivity contribution in [2.45, 2.75) is 24.9 Å². The SMILES string of the molecule is FC(F)(F)C[C]N1CC[C@@H](c2ccnc3cnc4[nH]ccc4c23)C1. The Morgan fingerprint density at radius 2 is 2.17 bits per heavy atom. The number of hydrogen-bond acceptors (Lipinski definition) is 3. The lowest BCUT2D eigenvalue weighted by molar-refractivity contribution is -0.131. The molecular formula is C17H15F3N4. The maximum Gasteiger partial charge on any atom is 0.391 e. The Morgan fingerprint density at radius 1 is 1.29 bits per heavy atom. The van der Waals surface area contributed by atoms with E-state index in [2.05, 4.69) is 21.5 Å². The molecule has 0 spiro atoms. The van der Waals surface area contributed by atoms with Gasteiger partial charge in [-0.1, -0.05) is 0 Å². The summed E-state index contributed by atoms with van der Waals surface area (Å²) in [5.41, 5.74) is 2.71. The van der Waals surface area contributed by atoms with Crippen molar-refractivity contribution in [3.8, 4) is 0 Å². The summed E-state index contributed by atoms with van der Waals surface area (Å²) in [5, 5.41) is 2.03. The van der Waals surface area contributed by atoms with Crippen molar-refractivity contribution < 1.29 is 13.2 Å². The van der Waals surface area contributed by atoms with Crippen LogP contribution in [0.15, 0.2) is 30.7 Å². The lowest BCUT2D eigenvalue weighted by atomic mass is 9.94. The van der Waals surface area contributed by atoms with Crippen LogP contribution >= 0.6 is 0 Å². The summed E-state index contributed by atoms with van der Waals surface area (Å²) in [7, 11) is 0. The molecule has 0 bridgehead atoms. The summed E-state index contributed by atoms with van der Waals surface area (Å²) >= 11 is 0. The Bertz CT molecular complexity index is 871. The molecule has 4 nitrogen and oxygen atoms in total. The number of likely N-dealkylation sites (tertiary alicyclic amines) is 1. The molecule has 1 N–H and O–H groups in total. The minimum atomic E-state index is -4.20. The van der Waals surface area contributed by atoms with Gasteiger partial charge in [-0.05, 0) is 36.6 Å². The highest BCUT2D eigenvalue weighted by molar-refractivity contribution is 6.05. The molecule has 0 amide bonds. The van der Waals surface area contributed by atoms with E-state index < -0.39 is 12.6 Å². The number of nitrogens with zero attached hydrogens (tertiary/aromatic N) is 3. The third-order valence-corrected chi connectivity index (χ3v) is 4.45. The van der Waals surface area contributed by atoms with Crippen molar-refractivity contribution in [3.63, 3.8) is 0 Å². The number of pyridine rings is 2. The van der Waals surface area contributed by atoms with Gasteiger partial charge in [-0.25, -0.2) is 4.98 Å². The molecule has 0 aromatic carbocycles. The van der Waals surface area contributed by atoms with Crippen LogP contribution in [0.5, 0.6) is 0 Å². The summed E-state index contributed by atoms with van der Waals surface area (Å²) < 4.78 is 37.1. The van der Waals surface area contributed by atoms with Crippen LogP contribution in [0.25, 0.3) is 21.9 Å². The molecule has 2 radical (unpaired) electrons. The highest BCUT2D eigenvalue weighted by Gasteiger charge is 2.32. The van der Waals surface area contributed by atoms with E-state index in [9.17, 15) is 13.2 Å². The van der Waals surface area contributed by atoms with Gasteiger partial charge >= 0.3 is 6.18 Å². The second-order valence-corrected chi connectivity index (χ2v) is 6.04. The number of alkyl halides is 3. The zero-order valence-electron chi connectivity index (χ0n) is 12.8. The minimum absolute atomic E-state index is 0.164. The smallest absolute Gasteiger partial charge is 0.346 e. The lowest BCUT2D eigenvalue weighted by Crippen LogP contribution is -2.21. The molecule has 0 unspecified atom stereocenters. The fraction of sp³-hybridized carbons (Fsp3) is 0.353. The van der Waals surface area contributed by atoms with Gasteiger partial charge in [-0.15, -0.1) is 0 Å². The summed E-state index contributed by atoms with van der Waals surface area (Å²) in [4.78, 5) is 13.5. The van der Waals surface area contributed by atoms with E-state index in [4.69, 9.17) is 0 Å². The van der Waals surface area contributed by atoms with Gasteiger partial charge in [0.15, 0.2) is 0 Å². The Kier molecular flexibility index (Phi) is 3.68. The van der Waals surface area contributed by atoms with Gasteiger partial charge in [0.2, 0.25) is 0 Å². The van der Waals surface area contributed by atoms with Crippen molar-refractivity contribution in [2.24, 2.45) is 0 Å². The van der Waals surface area contributed by atoms with E-state index in [-0.39, 0.29) is 5.92 Å². The fourth-order valence-corrected chi connectivity index (χ4v) is 3.38. The number of fused-ring (bicyclic) bond motifs is 3. The normalized spacial score (nSPS) is 19.5. The lowest BCUT2D eigenvalue weighted by Gasteiger charge is -2.17. The number of aromatic nitrogens is 3. The molecule has 1 fully saturated rings. The molecule has 0 saturated carbocycles. The van der Waals surface area contributed by atoms with E-state index in [0.29, 0.717) is 13.1 Å². The molecule has 24 heavy (non-hydrogen) atoms. The molecule has 0 aliphatic carbocycles. The fourth-order valence-electron chi connectivity index (χ4n) is 3.38. The molecule has 3 aromatic heterocycles. The molecule has 1 aliphatic rings. The quantitative estimate of drug-likeness (QED) is 0.791. The predicted molar refractivity (Wildman–Crippen MR) is 84.2 cm³/mol. The first kappa shape index (κ1) is 15.4. The maximum atomic E-state index is 12.4.